The molecule has 0 saturated carbocycles. The smallest absolute Gasteiger partial charge is 0.274 e. The number of rotatable bonds is 11. The minimum absolute atomic E-state index is 0.130. The number of sulfonamides is 1. The van der Waals surface area contributed by atoms with Crippen LogP contribution in [0, 0.1) is 0 Å². The first-order valence-corrected chi connectivity index (χ1v) is 17.9. The van der Waals surface area contributed by atoms with E-state index in [1.807, 2.05) is 12.4 Å². The Morgan fingerprint density at radius 3 is 2.55 bits per heavy atom. The van der Waals surface area contributed by atoms with E-state index in [2.05, 4.69) is 51.0 Å². The number of likely N-dealkylation sites (tertiary alicyclic amines) is 1. The van der Waals surface area contributed by atoms with Gasteiger partial charge in [0.25, 0.3) is 5.19 Å². The monoisotopic (exact) mass is 610 g/mol. The number of benzene rings is 1. The van der Waals surface area contributed by atoms with Crippen LogP contribution in [0.25, 0.3) is 15.8 Å². The van der Waals surface area contributed by atoms with Crippen LogP contribution >= 0.6 is 11.3 Å². The number of nitrogens with zero attached hydrogens (tertiary/aromatic N) is 6. The summed E-state index contributed by atoms with van der Waals surface area (Å²) in [6, 6.07) is 6.33. The van der Waals surface area contributed by atoms with Crippen molar-refractivity contribution in [1.82, 2.24) is 24.2 Å². The fourth-order valence-corrected chi connectivity index (χ4v) is 8.51. The van der Waals surface area contributed by atoms with Gasteiger partial charge in [-0.2, -0.15) is 4.31 Å². The molecule has 3 aromatic rings. The van der Waals surface area contributed by atoms with E-state index >= 15 is 0 Å². The fraction of sp³-hybridized carbons (Fsp3) is 0.581. The van der Waals surface area contributed by atoms with Gasteiger partial charge in [0.05, 0.1) is 16.0 Å². The predicted octanol–water partition coefficient (Wildman–Crippen LogP) is 4.99. The molecule has 0 atom stereocenters. The van der Waals surface area contributed by atoms with Crippen molar-refractivity contribution in [2.24, 2.45) is 0 Å². The summed E-state index contributed by atoms with van der Waals surface area (Å²) in [5.74, 6) is 1.04. The number of aromatic nitrogens is 3. The van der Waals surface area contributed by atoms with Gasteiger partial charge in [0.15, 0.2) is 0 Å². The molecule has 3 aliphatic heterocycles. The van der Waals surface area contributed by atoms with Crippen molar-refractivity contribution in [3.05, 3.63) is 47.8 Å². The van der Waals surface area contributed by atoms with E-state index in [1.54, 1.807) is 15.6 Å². The zero-order chi connectivity index (χ0) is 28.9. The molecule has 11 heteroatoms. The average molecular weight is 611 g/mol. The number of fused-ring (bicyclic) bond motifs is 1. The number of hydrogen-bond donors (Lipinski definition) is 0. The van der Waals surface area contributed by atoms with Crippen LogP contribution in [0.5, 0.6) is 5.19 Å². The number of piperidine rings is 1. The molecule has 6 rings (SSSR count). The van der Waals surface area contributed by atoms with E-state index < -0.39 is 10.0 Å². The normalized spacial score (nSPS) is 19.5. The lowest BCUT2D eigenvalue weighted by molar-refractivity contribution is 0.170. The van der Waals surface area contributed by atoms with Crippen molar-refractivity contribution in [1.29, 1.82) is 0 Å². The SMILES string of the molecule is CCCc1cnc(N2CCC(Oc3nc4ccc(C5=CCN(S(=O)(=O)CCCN6CCCC6)CC5)cc4s3)CC2)nc1. The van der Waals surface area contributed by atoms with Gasteiger partial charge in [0.1, 0.15) is 6.10 Å². The van der Waals surface area contributed by atoms with Crippen LogP contribution in [0.1, 0.15) is 63.0 Å². The lowest BCUT2D eigenvalue weighted by Crippen LogP contribution is -2.39. The summed E-state index contributed by atoms with van der Waals surface area (Å²) in [6.45, 7) is 7.99. The van der Waals surface area contributed by atoms with E-state index in [0.717, 1.165) is 86.6 Å². The molecule has 0 aliphatic carbocycles. The Morgan fingerprint density at radius 2 is 1.83 bits per heavy atom. The molecule has 2 saturated heterocycles. The molecule has 0 amide bonds. The molecule has 5 heterocycles. The quantitative estimate of drug-likeness (QED) is 0.300. The Kier molecular flexibility index (Phi) is 9.38. The standard InChI is InChI=1S/C31H42N6O3S2/c1-2-6-24-22-32-30(33-23-24)36-16-11-27(12-17-36)40-31-34-28-8-7-26(21-29(28)41-31)25-9-18-37(19-10-25)42(38,39)20-5-15-35-13-3-4-14-35/h7-9,21-23,27H,2-6,10-20H2,1H3. The summed E-state index contributed by atoms with van der Waals surface area (Å²) in [7, 11) is -3.22. The van der Waals surface area contributed by atoms with Crippen molar-refractivity contribution >= 4 is 43.1 Å². The number of thiazole rings is 1. The first kappa shape index (κ1) is 29.5. The number of aryl methyl sites for hydroxylation is 1. The number of hydrogen-bond acceptors (Lipinski definition) is 9. The molecule has 0 bridgehead atoms. The average Bonchev–Trinajstić information content (AvgIpc) is 3.67. The second kappa shape index (κ2) is 13.4. The molecule has 226 valence electrons. The molecular formula is C31H42N6O3S2. The lowest BCUT2D eigenvalue weighted by Gasteiger charge is -2.31. The third-order valence-electron chi connectivity index (χ3n) is 8.60. The Balaban J connectivity index is 1.01. The maximum absolute atomic E-state index is 12.9. The van der Waals surface area contributed by atoms with Crippen molar-refractivity contribution < 1.29 is 13.2 Å². The molecule has 2 aromatic heterocycles. The van der Waals surface area contributed by atoms with Crippen molar-refractivity contribution in [3.8, 4) is 5.19 Å². The van der Waals surface area contributed by atoms with Crippen LogP contribution in [-0.2, 0) is 16.4 Å². The molecule has 0 spiro atoms. The highest BCUT2D eigenvalue weighted by atomic mass is 32.2. The van der Waals surface area contributed by atoms with E-state index in [4.69, 9.17) is 9.72 Å². The van der Waals surface area contributed by atoms with Gasteiger partial charge in [-0.25, -0.2) is 23.4 Å². The zero-order valence-electron chi connectivity index (χ0n) is 24.6. The summed E-state index contributed by atoms with van der Waals surface area (Å²) < 4.78 is 34.9. The Hall–Kier alpha value is -2.60. The Morgan fingerprint density at radius 1 is 1.05 bits per heavy atom. The summed E-state index contributed by atoms with van der Waals surface area (Å²) >= 11 is 1.59. The topological polar surface area (TPSA) is 91.8 Å². The molecule has 42 heavy (non-hydrogen) atoms. The minimum Gasteiger partial charge on any atom is -0.467 e. The molecule has 0 radical (unpaired) electrons. The molecule has 2 fully saturated rings. The van der Waals surface area contributed by atoms with Crippen molar-refractivity contribution in [2.45, 2.75) is 64.4 Å². The van der Waals surface area contributed by atoms with Crippen LogP contribution in [0.4, 0.5) is 5.95 Å². The van der Waals surface area contributed by atoms with Gasteiger partial charge >= 0.3 is 0 Å². The lowest BCUT2D eigenvalue weighted by atomic mass is 10.0. The second-order valence-electron chi connectivity index (χ2n) is 11.7. The van der Waals surface area contributed by atoms with Gasteiger partial charge < -0.3 is 14.5 Å². The molecule has 9 nitrogen and oxygen atoms in total. The minimum atomic E-state index is -3.22. The summed E-state index contributed by atoms with van der Waals surface area (Å²) in [5, 5.41) is 0.713. The van der Waals surface area contributed by atoms with Gasteiger partial charge in [0, 0.05) is 51.4 Å². The van der Waals surface area contributed by atoms with E-state index in [1.165, 1.54) is 24.0 Å². The third kappa shape index (κ3) is 7.12. The maximum atomic E-state index is 12.9. The van der Waals surface area contributed by atoms with Gasteiger partial charge in [-0.05, 0) is 80.6 Å². The van der Waals surface area contributed by atoms with E-state index in [-0.39, 0.29) is 11.9 Å². The largest absolute Gasteiger partial charge is 0.467 e. The highest BCUT2D eigenvalue weighted by Gasteiger charge is 2.26. The molecule has 3 aliphatic rings. The highest BCUT2D eigenvalue weighted by molar-refractivity contribution is 7.89. The van der Waals surface area contributed by atoms with Crippen molar-refractivity contribution in [3.63, 3.8) is 0 Å². The Bertz CT molecular complexity index is 1480. The van der Waals surface area contributed by atoms with Gasteiger partial charge in [0.2, 0.25) is 16.0 Å². The van der Waals surface area contributed by atoms with Gasteiger partial charge in [-0.1, -0.05) is 36.8 Å². The molecule has 0 unspecified atom stereocenters. The van der Waals surface area contributed by atoms with Gasteiger partial charge in [-0.3, -0.25) is 0 Å². The molecule has 1 aromatic carbocycles. The maximum Gasteiger partial charge on any atom is 0.274 e. The van der Waals surface area contributed by atoms with Crippen molar-refractivity contribution in [2.75, 3.05) is 56.5 Å². The fourth-order valence-electron chi connectivity index (χ4n) is 6.17. The molecular weight excluding hydrogens is 569 g/mol. The highest BCUT2D eigenvalue weighted by Crippen LogP contribution is 2.33. The van der Waals surface area contributed by atoms with Crippen LogP contribution in [0.3, 0.4) is 0 Å². The second-order valence-corrected chi connectivity index (χ2v) is 14.7. The summed E-state index contributed by atoms with van der Waals surface area (Å²) in [5.41, 5.74) is 4.47. The first-order chi connectivity index (χ1) is 20.5. The summed E-state index contributed by atoms with van der Waals surface area (Å²) in [4.78, 5) is 18.5. The summed E-state index contributed by atoms with van der Waals surface area (Å²) in [6.07, 6.45) is 13.9. The van der Waals surface area contributed by atoms with Gasteiger partial charge in [-0.15, -0.1) is 0 Å². The first-order valence-electron chi connectivity index (χ1n) is 15.5. The zero-order valence-corrected chi connectivity index (χ0v) is 26.2. The molecule has 0 N–H and O–H groups in total. The van der Waals surface area contributed by atoms with E-state index in [0.29, 0.717) is 24.7 Å². The van der Waals surface area contributed by atoms with E-state index in [9.17, 15) is 8.42 Å². The van der Waals surface area contributed by atoms with Crippen LogP contribution in [-0.4, -0.2) is 90.2 Å². The number of anilines is 1. The number of ether oxygens (including phenoxy) is 1. The van der Waals surface area contributed by atoms with Crippen LogP contribution in [0.2, 0.25) is 0 Å². The predicted molar refractivity (Wildman–Crippen MR) is 170 cm³/mol. The van der Waals surface area contributed by atoms with Crippen LogP contribution in [0.15, 0.2) is 36.7 Å². The third-order valence-corrected chi connectivity index (χ3v) is 11.4. The van der Waals surface area contributed by atoms with Crippen LogP contribution < -0.4 is 9.64 Å². The Labute approximate surface area is 253 Å².